The van der Waals surface area contributed by atoms with E-state index in [9.17, 15) is 33.3 Å². The molecule has 12 heteroatoms. The normalized spacial score (nSPS) is 16.9. The van der Waals surface area contributed by atoms with E-state index in [0.29, 0.717) is 41.0 Å². The number of alkyl halides is 3. The van der Waals surface area contributed by atoms with Crippen LogP contribution in [0, 0.1) is 28.4 Å². The highest BCUT2D eigenvalue weighted by Gasteiger charge is 2.41. The second kappa shape index (κ2) is 11.8. The molecule has 1 aliphatic carbocycles. The van der Waals surface area contributed by atoms with Gasteiger partial charge in [-0.1, -0.05) is 18.2 Å². The van der Waals surface area contributed by atoms with Gasteiger partial charge in [0.05, 0.1) is 35.2 Å². The first-order valence-corrected chi connectivity index (χ1v) is 13.6. The molecule has 3 aromatic rings. The molecule has 0 bridgehead atoms. The first-order valence-electron chi connectivity index (χ1n) is 13.6. The molecule has 2 N–H and O–H groups in total. The fourth-order valence-electron chi connectivity index (χ4n) is 5.67. The Bertz CT molecular complexity index is 1770. The molecule has 0 saturated heterocycles. The molecule has 3 aromatic carbocycles. The van der Waals surface area contributed by atoms with E-state index < -0.39 is 22.6 Å². The van der Waals surface area contributed by atoms with Crippen molar-refractivity contribution in [2.75, 3.05) is 12.0 Å². The molecule has 0 fully saturated rings. The number of nitro groups is 1. The van der Waals surface area contributed by atoms with Crippen LogP contribution in [0.4, 0.5) is 24.5 Å². The third kappa shape index (κ3) is 5.56. The van der Waals surface area contributed by atoms with Gasteiger partial charge in [0.25, 0.3) is 0 Å². The van der Waals surface area contributed by atoms with Crippen LogP contribution in [0.15, 0.2) is 83.3 Å². The molecular weight excluding hydrogens is 577 g/mol. The number of ketones is 1. The monoisotopic (exact) mass is 604 g/mol. The maximum absolute atomic E-state index is 13.6. The lowest BCUT2D eigenvalue weighted by Crippen LogP contribution is -2.38. The first-order chi connectivity index (χ1) is 20.9. The van der Waals surface area contributed by atoms with Crippen molar-refractivity contribution in [2.45, 2.75) is 44.9 Å². The lowest BCUT2D eigenvalue weighted by molar-refractivity contribution is -0.386. The molecule has 0 radical (unpaired) electrons. The van der Waals surface area contributed by atoms with E-state index in [-0.39, 0.29) is 52.9 Å². The number of anilines is 1. The zero-order valence-corrected chi connectivity index (χ0v) is 23.8. The van der Waals surface area contributed by atoms with Gasteiger partial charge >= 0.3 is 11.9 Å². The summed E-state index contributed by atoms with van der Waals surface area (Å²) in [6, 6.07) is 16.3. The molecular formula is C32H27F3N4O5. The first kappa shape index (κ1) is 30.2. The Morgan fingerprint density at radius 2 is 1.86 bits per heavy atom. The number of carbonyl (C=O) groups is 1. The van der Waals surface area contributed by atoms with Crippen LogP contribution in [-0.4, -0.2) is 17.8 Å². The number of Topliss-reactive ketones (excluding diaryl/α,β-unsaturated/α-hetero) is 1. The lowest BCUT2D eigenvalue weighted by Gasteiger charge is -2.40. The number of halogens is 3. The van der Waals surface area contributed by atoms with Crippen molar-refractivity contribution < 1.29 is 32.4 Å². The van der Waals surface area contributed by atoms with Gasteiger partial charge < -0.3 is 15.2 Å². The number of nitriles is 1. The molecule has 0 spiro atoms. The number of benzene rings is 3. The van der Waals surface area contributed by atoms with Crippen molar-refractivity contribution >= 4 is 17.2 Å². The largest absolute Gasteiger partial charge is 0.496 e. The van der Waals surface area contributed by atoms with Crippen molar-refractivity contribution in [3.8, 4) is 17.6 Å². The summed E-state index contributed by atoms with van der Waals surface area (Å²) in [5, 5.41) is 21.9. The highest BCUT2D eigenvalue weighted by Crippen LogP contribution is 2.47. The van der Waals surface area contributed by atoms with Crippen LogP contribution in [0.3, 0.4) is 0 Å². The maximum Gasteiger partial charge on any atom is 0.416 e. The molecule has 1 aliphatic heterocycles. The van der Waals surface area contributed by atoms with E-state index in [4.69, 9.17) is 15.2 Å². The summed E-state index contributed by atoms with van der Waals surface area (Å²) in [6.45, 7) is 1.59. The third-order valence-electron chi connectivity index (χ3n) is 7.68. The van der Waals surface area contributed by atoms with Crippen LogP contribution in [0.25, 0.3) is 0 Å². The summed E-state index contributed by atoms with van der Waals surface area (Å²) in [5.41, 5.74) is 7.94. The van der Waals surface area contributed by atoms with E-state index in [2.05, 4.69) is 6.07 Å². The minimum atomic E-state index is -4.61. The zero-order chi connectivity index (χ0) is 31.8. The number of nitro benzene ring substituents is 1. The average Bonchev–Trinajstić information content (AvgIpc) is 2.99. The molecule has 5 rings (SSSR count). The number of nitrogens with two attached hydrogens (primary N) is 1. The van der Waals surface area contributed by atoms with E-state index in [1.54, 1.807) is 31.2 Å². The number of hydrogen-bond acceptors (Lipinski definition) is 8. The Balaban J connectivity index is 1.60. The molecule has 9 nitrogen and oxygen atoms in total. The Hall–Kier alpha value is -5.31. The molecule has 226 valence electrons. The van der Waals surface area contributed by atoms with Gasteiger partial charge in [0.2, 0.25) is 0 Å². The molecule has 0 amide bonds. The molecule has 0 aromatic heterocycles. The van der Waals surface area contributed by atoms with Gasteiger partial charge in [-0.3, -0.25) is 19.8 Å². The van der Waals surface area contributed by atoms with Crippen molar-refractivity contribution in [1.82, 2.24) is 0 Å². The van der Waals surface area contributed by atoms with Crippen LogP contribution < -0.4 is 20.1 Å². The maximum atomic E-state index is 13.6. The van der Waals surface area contributed by atoms with Gasteiger partial charge in [-0.25, -0.2) is 0 Å². The summed E-state index contributed by atoms with van der Waals surface area (Å²) in [5.74, 6) is -0.754. The number of rotatable bonds is 7. The number of methoxy groups -OCH3 is 1. The van der Waals surface area contributed by atoms with Gasteiger partial charge in [0, 0.05) is 35.0 Å². The molecule has 44 heavy (non-hydrogen) atoms. The fourth-order valence-corrected chi connectivity index (χ4v) is 5.67. The molecule has 1 unspecified atom stereocenters. The van der Waals surface area contributed by atoms with Gasteiger partial charge in [0.1, 0.15) is 18.2 Å². The van der Waals surface area contributed by atoms with Crippen molar-refractivity contribution in [1.29, 1.82) is 5.26 Å². The van der Waals surface area contributed by atoms with Crippen LogP contribution >= 0.6 is 0 Å². The Morgan fingerprint density at radius 3 is 2.55 bits per heavy atom. The van der Waals surface area contributed by atoms with Gasteiger partial charge in [-0.05, 0) is 67.3 Å². The number of hydrogen-bond donors (Lipinski definition) is 1. The summed E-state index contributed by atoms with van der Waals surface area (Å²) in [4.78, 5) is 25.9. The van der Waals surface area contributed by atoms with E-state index in [1.807, 2.05) is 0 Å². The van der Waals surface area contributed by atoms with Crippen molar-refractivity contribution in [3.05, 3.63) is 116 Å². The SMILES string of the molecule is COc1ccc(C2C(C#N)=C(N)N(c3cccc(C(F)(F)F)c3)C3=C2C(=O)CCC3)cc1COc1ccc(C)cc1[N+](=O)[O-]. The number of nitrogens with zero attached hydrogens (tertiary/aromatic N) is 3. The summed E-state index contributed by atoms with van der Waals surface area (Å²) < 4.78 is 52.0. The van der Waals surface area contributed by atoms with Crippen LogP contribution in [-0.2, 0) is 17.6 Å². The highest BCUT2D eigenvalue weighted by molar-refractivity contribution is 6.01. The standard InChI is InChI=1S/C32H27F3N4O5/c1-18-9-11-28(25(13-18)39(41)42)44-17-20-14-19(10-12-27(20)43-2)29-23(16-36)31(37)38(24-7-4-8-26(40)30(24)29)22-6-3-5-21(15-22)32(33,34)35/h3,5-6,9-15,29H,4,7-8,17,37H2,1-2H3. The van der Waals surface area contributed by atoms with Crippen LogP contribution in [0.5, 0.6) is 11.5 Å². The summed E-state index contributed by atoms with van der Waals surface area (Å²) in [7, 11) is 1.45. The van der Waals surface area contributed by atoms with Gasteiger partial charge in [-0.15, -0.1) is 0 Å². The fraction of sp³-hybridized carbons (Fsp3) is 0.250. The Labute approximate surface area is 250 Å². The van der Waals surface area contributed by atoms with E-state index in [1.165, 1.54) is 36.3 Å². The predicted octanol–water partition coefficient (Wildman–Crippen LogP) is 6.81. The van der Waals surface area contributed by atoms with Gasteiger partial charge in [-0.2, -0.15) is 18.4 Å². The summed E-state index contributed by atoms with van der Waals surface area (Å²) in [6.07, 6.45) is -3.58. The van der Waals surface area contributed by atoms with E-state index in [0.717, 1.165) is 12.1 Å². The number of ether oxygens (including phenoxy) is 2. The van der Waals surface area contributed by atoms with Crippen LogP contribution in [0.1, 0.15) is 47.4 Å². The summed E-state index contributed by atoms with van der Waals surface area (Å²) >= 11 is 0. The highest BCUT2D eigenvalue weighted by atomic mass is 19.4. The molecule has 2 aliphatic rings. The Kier molecular flexibility index (Phi) is 8.06. The van der Waals surface area contributed by atoms with Crippen molar-refractivity contribution in [3.63, 3.8) is 0 Å². The average molecular weight is 605 g/mol. The van der Waals surface area contributed by atoms with Crippen LogP contribution in [0.2, 0.25) is 0 Å². The quantitative estimate of drug-likeness (QED) is 0.230. The number of aryl methyl sites for hydroxylation is 1. The molecule has 1 heterocycles. The predicted molar refractivity (Wildman–Crippen MR) is 155 cm³/mol. The zero-order valence-electron chi connectivity index (χ0n) is 23.8. The lowest BCUT2D eigenvalue weighted by atomic mass is 9.75. The smallest absolute Gasteiger partial charge is 0.416 e. The third-order valence-corrected chi connectivity index (χ3v) is 7.68. The number of allylic oxidation sites excluding steroid dienone is 3. The van der Waals surface area contributed by atoms with Crippen molar-refractivity contribution in [2.24, 2.45) is 5.73 Å². The minimum Gasteiger partial charge on any atom is -0.496 e. The number of carbonyl (C=O) groups excluding carboxylic acids is 1. The van der Waals surface area contributed by atoms with E-state index >= 15 is 0 Å². The molecule has 0 saturated carbocycles. The molecule has 1 atom stereocenters. The second-order valence-electron chi connectivity index (χ2n) is 10.5. The topological polar surface area (TPSA) is 132 Å². The Morgan fingerprint density at radius 1 is 1.11 bits per heavy atom. The van der Waals surface area contributed by atoms with Gasteiger partial charge in [0.15, 0.2) is 11.5 Å². The second-order valence-corrected chi connectivity index (χ2v) is 10.5. The minimum absolute atomic E-state index is 0.00243.